The van der Waals surface area contributed by atoms with E-state index in [4.69, 9.17) is 4.74 Å². The van der Waals surface area contributed by atoms with E-state index in [2.05, 4.69) is 17.1 Å². The molecule has 1 heterocycles. The van der Waals surface area contributed by atoms with Crippen LogP contribution in [0.15, 0.2) is 52.4 Å². The summed E-state index contributed by atoms with van der Waals surface area (Å²) in [5.41, 5.74) is 3.26. The molecule has 0 aliphatic rings. The van der Waals surface area contributed by atoms with Gasteiger partial charge in [0.15, 0.2) is 14.6 Å². The van der Waals surface area contributed by atoms with Gasteiger partial charge in [-0.15, -0.1) is 0 Å². The van der Waals surface area contributed by atoms with Crippen molar-refractivity contribution in [3.63, 3.8) is 0 Å². The number of aromatic nitrogens is 1. The highest BCUT2D eigenvalue weighted by molar-refractivity contribution is 7.91. The molecule has 0 atom stereocenters. The van der Waals surface area contributed by atoms with E-state index in [0.717, 1.165) is 21.3 Å². The second-order valence-corrected chi connectivity index (χ2v) is 10.1. The third-order valence-electron chi connectivity index (χ3n) is 4.79. The van der Waals surface area contributed by atoms with Crippen LogP contribution in [0.5, 0.6) is 0 Å². The van der Waals surface area contributed by atoms with Gasteiger partial charge in [0.2, 0.25) is 5.91 Å². The van der Waals surface area contributed by atoms with Crippen LogP contribution < -0.4 is 4.80 Å². The van der Waals surface area contributed by atoms with Crippen molar-refractivity contribution in [2.24, 2.45) is 4.99 Å². The molecule has 0 aliphatic heterocycles. The summed E-state index contributed by atoms with van der Waals surface area (Å²) >= 11 is 1.45. The van der Waals surface area contributed by atoms with E-state index >= 15 is 0 Å². The molecule has 0 aliphatic carbocycles. The highest BCUT2D eigenvalue weighted by Gasteiger charge is 2.17. The average molecular weight is 447 g/mol. The Morgan fingerprint density at radius 2 is 1.80 bits per heavy atom. The molecule has 3 aromatic rings. The summed E-state index contributed by atoms with van der Waals surface area (Å²) in [7, 11) is -3.52. The van der Waals surface area contributed by atoms with Crippen molar-refractivity contribution in [1.82, 2.24) is 4.57 Å². The fourth-order valence-corrected chi connectivity index (χ4v) is 5.67. The Kier molecular flexibility index (Phi) is 7.23. The number of hydrogen-bond donors (Lipinski definition) is 0. The summed E-state index contributed by atoms with van der Waals surface area (Å²) in [6.45, 7) is 7.70. The first-order valence-corrected chi connectivity index (χ1v) is 12.3. The summed E-state index contributed by atoms with van der Waals surface area (Å²) in [6, 6.07) is 12.3. The van der Waals surface area contributed by atoms with Crippen LogP contribution in [0.25, 0.3) is 10.2 Å². The number of ether oxygens (including phenoxy) is 1. The minimum absolute atomic E-state index is 0.158. The van der Waals surface area contributed by atoms with Gasteiger partial charge in [-0.1, -0.05) is 41.7 Å². The zero-order chi connectivity index (χ0) is 21.7. The molecular formula is C22H26N2O4S2. The Morgan fingerprint density at radius 3 is 2.50 bits per heavy atom. The van der Waals surface area contributed by atoms with E-state index in [-0.39, 0.29) is 17.1 Å². The monoisotopic (exact) mass is 446 g/mol. The molecule has 1 aromatic heterocycles. The van der Waals surface area contributed by atoms with E-state index in [1.165, 1.54) is 23.5 Å². The molecule has 30 heavy (non-hydrogen) atoms. The molecule has 0 unspecified atom stereocenters. The smallest absolute Gasteiger partial charge is 0.249 e. The highest BCUT2D eigenvalue weighted by atomic mass is 32.2. The number of sulfone groups is 1. The molecule has 0 bridgehead atoms. The summed E-state index contributed by atoms with van der Waals surface area (Å²) in [5, 5.41) is 0. The van der Waals surface area contributed by atoms with Gasteiger partial charge in [-0.3, -0.25) is 4.79 Å². The van der Waals surface area contributed by atoms with Crippen LogP contribution in [0.1, 0.15) is 24.5 Å². The van der Waals surface area contributed by atoms with Crippen LogP contribution in [-0.4, -0.2) is 37.9 Å². The first kappa shape index (κ1) is 22.4. The van der Waals surface area contributed by atoms with E-state index in [1.807, 2.05) is 25.3 Å². The van der Waals surface area contributed by atoms with Gasteiger partial charge in [0.1, 0.15) is 0 Å². The minimum Gasteiger partial charge on any atom is -0.380 e. The van der Waals surface area contributed by atoms with Crippen LogP contribution in [0.2, 0.25) is 0 Å². The Morgan fingerprint density at radius 1 is 1.10 bits per heavy atom. The Bertz CT molecular complexity index is 1210. The number of thiazole rings is 1. The Labute approximate surface area is 180 Å². The van der Waals surface area contributed by atoms with Gasteiger partial charge in [-0.2, -0.15) is 4.99 Å². The fourth-order valence-electron chi connectivity index (χ4n) is 3.20. The number of nitrogens with zero attached hydrogens (tertiary/aromatic N) is 2. The topological polar surface area (TPSA) is 77.7 Å². The van der Waals surface area contributed by atoms with Crippen molar-refractivity contribution in [2.45, 2.75) is 38.6 Å². The van der Waals surface area contributed by atoms with Crippen molar-refractivity contribution in [1.29, 1.82) is 0 Å². The van der Waals surface area contributed by atoms with Crippen LogP contribution in [0, 0.1) is 13.8 Å². The first-order chi connectivity index (χ1) is 14.3. The highest BCUT2D eigenvalue weighted by Crippen LogP contribution is 2.25. The molecule has 0 fully saturated rings. The van der Waals surface area contributed by atoms with Crippen molar-refractivity contribution < 1.29 is 17.9 Å². The summed E-state index contributed by atoms with van der Waals surface area (Å²) in [6.07, 6.45) is -0.158. The molecule has 6 nitrogen and oxygen atoms in total. The van der Waals surface area contributed by atoms with Gasteiger partial charge in [0.25, 0.3) is 0 Å². The second kappa shape index (κ2) is 9.68. The number of aryl methyl sites for hydroxylation is 2. The maximum absolute atomic E-state index is 12.6. The number of fused-ring (bicyclic) bond motifs is 1. The molecule has 0 spiro atoms. The van der Waals surface area contributed by atoms with Crippen molar-refractivity contribution in [2.75, 3.05) is 19.0 Å². The standard InChI is InChI=1S/C22H26N2O4S2/c1-4-28-14-13-24-20-16(2)10-11-17(3)21(20)29-22(24)23-19(25)12-15-30(26,27)18-8-6-5-7-9-18/h5-11H,4,12-15H2,1-3H3. The molecule has 0 saturated carbocycles. The Hall–Kier alpha value is -2.29. The van der Waals surface area contributed by atoms with Gasteiger partial charge >= 0.3 is 0 Å². The van der Waals surface area contributed by atoms with Gasteiger partial charge in [0.05, 0.1) is 27.5 Å². The van der Waals surface area contributed by atoms with E-state index in [9.17, 15) is 13.2 Å². The van der Waals surface area contributed by atoms with Gasteiger partial charge in [0, 0.05) is 19.6 Å². The molecule has 0 N–H and O–H groups in total. The lowest BCUT2D eigenvalue weighted by molar-refractivity contribution is -0.117. The molecule has 2 aromatic carbocycles. The summed E-state index contributed by atoms with van der Waals surface area (Å²) in [5.74, 6) is -0.706. The average Bonchev–Trinajstić information content (AvgIpc) is 3.09. The van der Waals surface area contributed by atoms with E-state index < -0.39 is 15.7 Å². The number of rotatable bonds is 8. The predicted octanol–water partition coefficient (Wildman–Crippen LogP) is 3.65. The lowest BCUT2D eigenvalue weighted by Gasteiger charge is -2.08. The van der Waals surface area contributed by atoms with Gasteiger partial charge < -0.3 is 9.30 Å². The van der Waals surface area contributed by atoms with Crippen molar-refractivity contribution in [3.8, 4) is 0 Å². The number of benzene rings is 2. The lowest BCUT2D eigenvalue weighted by atomic mass is 10.1. The maximum Gasteiger partial charge on any atom is 0.249 e. The Balaban J connectivity index is 1.91. The SMILES string of the molecule is CCOCCn1c(=NC(=O)CCS(=O)(=O)c2ccccc2)sc2c(C)ccc(C)c21. The molecular weight excluding hydrogens is 420 g/mol. The fraction of sp³-hybridized carbons (Fsp3) is 0.364. The van der Waals surface area contributed by atoms with Crippen molar-refractivity contribution in [3.05, 3.63) is 58.4 Å². The molecule has 160 valence electrons. The maximum atomic E-state index is 12.6. The molecule has 3 rings (SSSR count). The molecule has 1 amide bonds. The number of carbonyl (C=O) groups is 1. The second-order valence-electron chi connectivity index (χ2n) is 7.00. The minimum atomic E-state index is -3.52. The normalized spacial score (nSPS) is 12.6. The van der Waals surface area contributed by atoms with Crippen molar-refractivity contribution >= 4 is 37.3 Å². The lowest BCUT2D eigenvalue weighted by Crippen LogP contribution is -2.21. The zero-order valence-electron chi connectivity index (χ0n) is 17.4. The van der Waals surface area contributed by atoms with E-state index in [0.29, 0.717) is 24.6 Å². The summed E-state index contributed by atoms with van der Waals surface area (Å²) < 4.78 is 33.5. The third-order valence-corrected chi connectivity index (χ3v) is 7.74. The third kappa shape index (κ3) is 5.06. The van der Waals surface area contributed by atoms with Crippen LogP contribution in [-0.2, 0) is 25.9 Å². The van der Waals surface area contributed by atoms with Crippen LogP contribution >= 0.6 is 11.3 Å². The molecule has 8 heteroatoms. The van der Waals surface area contributed by atoms with Gasteiger partial charge in [-0.05, 0) is 44.0 Å². The van der Waals surface area contributed by atoms with Crippen LogP contribution in [0.3, 0.4) is 0 Å². The quantitative estimate of drug-likeness (QED) is 0.495. The summed E-state index contributed by atoms with van der Waals surface area (Å²) in [4.78, 5) is 17.6. The first-order valence-electron chi connectivity index (χ1n) is 9.86. The number of amides is 1. The zero-order valence-corrected chi connectivity index (χ0v) is 19.1. The molecule has 0 saturated heterocycles. The van der Waals surface area contributed by atoms with E-state index in [1.54, 1.807) is 18.2 Å². The van der Waals surface area contributed by atoms with Gasteiger partial charge in [-0.25, -0.2) is 8.42 Å². The predicted molar refractivity (Wildman–Crippen MR) is 119 cm³/mol. The largest absolute Gasteiger partial charge is 0.380 e. The number of carbonyl (C=O) groups excluding carboxylic acids is 1. The number of hydrogen-bond acceptors (Lipinski definition) is 5. The molecule has 0 radical (unpaired) electrons. The van der Waals surface area contributed by atoms with Crippen LogP contribution in [0.4, 0.5) is 0 Å².